The topological polar surface area (TPSA) is 30.5 Å². The number of nitrogens with one attached hydrogen (secondary N) is 1. The lowest BCUT2D eigenvalue weighted by molar-refractivity contribution is -0.148. The van der Waals surface area contributed by atoms with Gasteiger partial charge in [-0.1, -0.05) is 0 Å². The van der Waals surface area contributed by atoms with E-state index in [-0.39, 0.29) is 5.60 Å². The number of ether oxygens (including phenoxy) is 2. The Bertz CT molecular complexity index is 275. The van der Waals surface area contributed by atoms with Crippen LogP contribution in [0, 0.1) is 11.8 Å². The molecule has 110 valence electrons. The zero-order valence-corrected chi connectivity index (χ0v) is 12.3. The fourth-order valence-electron chi connectivity index (χ4n) is 4.15. The molecule has 0 aromatic rings. The van der Waals surface area contributed by atoms with Gasteiger partial charge in [0, 0.05) is 25.9 Å². The van der Waals surface area contributed by atoms with Gasteiger partial charge in [-0.3, -0.25) is 0 Å². The van der Waals surface area contributed by atoms with Crippen LogP contribution in [0.3, 0.4) is 0 Å². The Balaban J connectivity index is 1.50. The average molecular weight is 267 g/mol. The van der Waals surface area contributed by atoms with E-state index in [1.54, 1.807) is 0 Å². The van der Waals surface area contributed by atoms with Crippen molar-refractivity contribution in [2.75, 3.05) is 26.4 Å². The van der Waals surface area contributed by atoms with Gasteiger partial charge in [0.2, 0.25) is 0 Å². The molecule has 3 nitrogen and oxygen atoms in total. The van der Waals surface area contributed by atoms with Crippen LogP contribution in [0.1, 0.15) is 51.9 Å². The molecule has 0 bridgehead atoms. The highest BCUT2D eigenvalue weighted by atomic mass is 16.5. The minimum absolute atomic E-state index is 0.177. The molecule has 0 amide bonds. The van der Waals surface area contributed by atoms with E-state index in [2.05, 4.69) is 12.2 Å². The third kappa shape index (κ3) is 3.50. The summed E-state index contributed by atoms with van der Waals surface area (Å²) in [6.07, 6.45) is 8.96. The molecule has 0 aromatic carbocycles. The molecule has 3 rings (SSSR count). The maximum absolute atomic E-state index is 6.15. The molecule has 1 spiro atoms. The van der Waals surface area contributed by atoms with Crippen molar-refractivity contribution in [2.24, 2.45) is 11.8 Å². The second-order valence-corrected chi connectivity index (χ2v) is 6.99. The summed E-state index contributed by atoms with van der Waals surface area (Å²) >= 11 is 0. The van der Waals surface area contributed by atoms with Crippen LogP contribution in [0.5, 0.6) is 0 Å². The monoisotopic (exact) mass is 267 g/mol. The molecule has 1 N–H and O–H groups in total. The van der Waals surface area contributed by atoms with E-state index < -0.39 is 0 Å². The molecule has 19 heavy (non-hydrogen) atoms. The summed E-state index contributed by atoms with van der Waals surface area (Å²) in [6, 6.07) is 0.729. The third-order valence-electron chi connectivity index (χ3n) is 5.43. The van der Waals surface area contributed by atoms with Crippen LogP contribution in [-0.2, 0) is 9.47 Å². The molecule has 3 heteroatoms. The highest BCUT2D eigenvalue weighted by Crippen LogP contribution is 2.39. The van der Waals surface area contributed by atoms with Gasteiger partial charge in [-0.25, -0.2) is 0 Å². The Morgan fingerprint density at radius 1 is 1.05 bits per heavy atom. The van der Waals surface area contributed by atoms with Crippen LogP contribution >= 0.6 is 0 Å². The van der Waals surface area contributed by atoms with Gasteiger partial charge in [0.15, 0.2) is 0 Å². The molecule has 3 aliphatic heterocycles. The zero-order chi connectivity index (χ0) is 13.1. The van der Waals surface area contributed by atoms with Crippen molar-refractivity contribution in [2.45, 2.75) is 63.5 Å². The second kappa shape index (κ2) is 6.11. The zero-order valence-electron chi connectivity index (χ0n) is 12.3. The van der Waals surface area contributed by atoms with Crippen molar-refractivity contribution in [3.05, 3.63) is 0 Å². The van der Waals surface area contributed by atoms with E-state index in [0.29, 0.717) is 0 Å². The lowest BCUT2D eigenvalue weighted by Gasteiger charge is -2.44. The van der Waals surface area contributed by atoms with E-state index in [0.717, 1.165) is 50.5 Å². The predicted octanol–water partition coefficient (Wildman–Crippen LogP) is 2.74. The standard InChI is InChI=1S/C16H29NO2/c1-13-2-3-15(12-17-13)10-14-4-7-19-16(11-14)5-8-18-9-6-16/h13-15,17H,2-12H2,1H3. The number of rotatable bonds is 2. The molecule has 0 radical (unpaired) electrons. The Labute approximate surface area is 117 Å². The first kappa shape index (κ1) is 13.8. The van der Waals surface area contributed by atoms with Crippen LogP contribution in [-0.4, -0.2) is 38.0 Å². The smallest absolute Gasteiger partial charge is 0.0729 e. The Hall–Kier alpha value is -0.120. The van der Waals surface area contributed by atoms with Gasteiger partial charge in [0.1, 0.15) is 0 Å². The Kier molecular flexibility index (Phi) is 4.45. The summed E-state index contributed by atoms with van der Waals surface area (Å²) in [4.78, 5) is 0. The highest BCUT2D eigenvalue weighted by molar-refractivity contribution is 4.90. The van der Waals surface area contributed by atoms with E-state index in [1.165, 1.54) is 38.6 Å². The first-order chi connectivity index (χ1) is 9.26. The molecule has 3 heterocycles. The summed E-state index contributed by atoms with van der Waals surface area (Å²) in [5.41, 5.74) is 0.177. The lowest BCUT2D eigenvalue weighted by Crippen LogP contribution is -2.45. The largest absolute Gasteiger partial charge is 0.381 e. The quantitative estimate of drug-likeness (QED) is 0.834. The summed E-state index contributed by atoms with van der Waals surface area (Å²) in [6.45, 7) is 6.31. The summed E-state index contributed by atoms with van der Waals surface area (Å²) in [5, 5.41) is 3.64. The van der Waals surface area contributed by atoms with Crippen LogP contribution in [0.15, 0.2) is 0 Å². The molecule has 3 aliphatic rings. The van der Waals surface area contributed by atoms with Gasteiger partial charge < -0.3 is 14.8 Å². The fraction of sp³-hybridized carbons (Fsp3) is 1.00. The van der Waals surface area contributed by atoms with Crippen molar-refractivity contribution >= 4 is 0 Å². The normalized spacial score (nSPS) is 39.3. The fourth-order valence-corrected chi connectivity index (χ4v) is 4.15. The van der Waals surface area contributed by atoms with Gasteiger partial charge >= 0.3 is 0 Å². The first-order valence-electron chi connectivity index (χ1n) is 8.21. The molecule has 0 aliphatic carbocycles. The number of hydrogen-bond donors (Lipinski definition) is 1. The van der Waals surface area contributed by atoms with E-state index in [4.69, 9.17) is 9.47 Å². The summed E-state index contributed by atoms with van der Waals surface area (Å²) < 4.78 is 11.7. The van der Waals surface area contributed by atoms with E-state index >= 15 is 0 Å². The summed E-state index contributed by atoms with van der Waals surface area (Å²) in [7, 11) is 0. The molecule has 3 atom stereocenters. The Morgan fingerprint density at radius 2 is 1.89 bits per heavy atom. The van der Waals surface area contributed by atoms with Crippen molar-refractivity contribution in [1.82, 2.24) is 5.32 Å². The first-order valence-corrected chi connectivity index (χ1v) is 8.21. The van der Waals surface area contributed by atoms with Crippen molar-refractivity contribution < 1.29 is 9.47 Å². The van der Waals surface area contributed by atoms with Gasteiger partial charge in [0.05, 0.1) is 5.60 Å². The molecular formula is C16H29NO2. The highest BCUT2D eigenvalue weighted by Gasteiger charge is 2.39. The molecule has 0 aromatic heterocycles. The number of piperidine rings is 1. The minimum Gasteiger partial charge on any atom is -0.381 e. The van der Waals surface area contributed by atoms with Crippen LogP contribution in [0.25, 0.3) is 0 Å². The molecular weight excluding hydrogens is 238 g/mol. The van der Waals surface area contributed by atoms with Crippen molar-refractivity contribution in [3.8, 4) is 0 Å². The SMILES string of the molecule is CC1CCC(CC2CCOC3(CCOCC3)C2)CN1. The molecule has 3 saturated heterocycles. The van der Waals surface area contributed by atoms with Gasteiger partial charge in [-0.05, 0) is 70.3 Å². The van der Waals surface area contributed by atoms with Gasteiger partial charge in [0.25, 0.3) is 0 Å². The minimum atomic E-state index is 0.177. The van der Waals surface area contributed by atoms with Crippen molar-refractivity contribution in [1.29, 1.82) is 0 Å². The molecule has 3 fully saturated rings. The maximum Gasteiger partial charge on any atom is 0.0729 e. The average Bonchev–Trinajstić information content (AvgIpc) is 2.42. The molecule has 3 unspecified atom stereocenters. The predicted molar refractivity (Wildman–Crippen MR) is 76.3 cm³/mol. The van der Waals surface area contributed by atoms with Gasteiger partial charge in [-0.15, -0.1) is 0 Å². The van der Waals surface area contributed by atoms with E-state index in [9.17, 15) is 0 Å². The van der Waals surface area contributed by atoms with E-state index in [1.807, 2.05) is 0 Å². The maximum atomic E-state index is 6.15. The summed E-state index contributed by atoms with van der Waals surface area (Å²) in [5.74, 6) is 1.78. The van der Waals surface area contributed by atoms with Crippen LogP contribution in [0.4, 0.5) is 0 Å². The lowest BCUT2D eigenvalue weighted by atomic mass is 9.76. The number of hydrogen-bond acceptors (Lipinski definition) is 3. The third-order valence-corrected chi connectivity index (χ3v) is 5.43. The van der Waals surface area contributed by atoms with Gasteiger partial charge in [-0.2, -0.15) is 0 Å². The van der Waals surface area contributed by atoms with Crippen LogP contribution < -0.4 is 5.32 Å². The second-order valence-electron chi connectivity index (χ2n) is 6.99. The van der Waals surface area contributed by atoms with Crippen molar-refractivity contribution in [3.63, 3.8) is 0 Å². The molecule has 0 saturated carbocycles. The van der Waals surface area contributed by atoms with Crippen LogP contribution in [0.2, 0.25) is 0 Å². The Morgan fingerprint density at radius 3 is 2.63 bits per heavy atom.